The molecule has 1 aliphatic rings. The first kappa shape index (κ1) is 16.3. The van der Waals surface area contributed by atoms with Gasteiger partial charge in [-0.15, -0.1) is 0 Å². The van der Waals surface area contributed by atoms with Crippen molar-refractivity contribution in [2.24, 2.45) is 5.41 Å². The van der Waals surface area contributed by atoms with Gasteiger partial charge in [-0.3, -0.25) is 0 Å². The Bertz CT molecular complexity index is 641. The monoisotopic (exact) mass is 404 g/mol. The van der Waals surface area contributed by atoms with Crippen LogP contribution in [-0.4, -0.2) is 11.9 Å². The summed E-state index contributed by atoms with van der Waals surface area (Å²) in [5.74, 6) is -0.663. The molecule has 0 unspecified atom stereocenters. The van der Waals surface area contributed by atoms with Crippen molar-refractivity contribution in [3.63, 3.8) is 0 Å². The molecule has 2 rings (SSSR count). The van der Waals surface area contributed by atoms with E-state index in [2.05, 4.69) is 0 Å². The molecule has 0 aromatic heterocycles. The van der Waals surface area contributed by atoms with E-state index in [9.17, 15) is 9.59 Å². The number of fused-ring (bicyclic) bond motifs is 1. The number of benzene rings is 1. The van der Waals surface area contributed by atoms with Crippen molar-refractivity contribution in [1.29, 1.82) is 0 Å². The van der Waals surface area contributed by atoms with Crippen LogP contribution in [0.15, 0.2) is 0 Å². The first-order valence-corrected chi connectivity index (χ1v) is 9.65. The van der Waals surface area contributed by atoms with E-state index in [4.69, 9.17) is 6.13 Å². The van der Waals surface area contributed by atoms with Gasteiger partial charge in [0, 0.05) is 0 Å². The average molecular weight is 404 g/mol. The van der Waals surface area contributed by atoms with Crippen LogP contribution >= 0.6 is 20.6 Å². The molecular formula is C16H21IO4. The fourth-order valence-electron chi connectivity index (χ4n) is 2.08. The molecule has 0 saturated carbocycles. The average Bonchev–Trinajstić information content (AvgIpc) is 2.69. The van der Waals surface area contributed by atoms with Crippen LogP contribution in [0.1, 0.15) is 53.4 Å². The van der Waals surface area contributed by atoms with E-state index in [1.165, 1.54) is 0 Å². The molecule has 1 aromatic rings. The Hall–Kier alpha value is -1.11. The molecule has 4 nitrogen and oxygen atoms in total. The van der Waals surface area contributed by atoms with E-state index in [0.29, 0.717) is 5.56 Å². The van der Waals surface area contributed by atoms with Crippen molar-refractivity contribution < 1.29 is 15.7 Å². The maximum absolute atomic E-state index is 12.2. The van der Waals surface area contributed by atoms with Gasteiger partial charge >= 0.3 is 134 Å². The van der Waals surface area contributed by atoms with Crippen molar-refractivity contribution in [3.8, 4) is 0 Å². The molecular weight excluding hydrogens is 383 g/mol. The molecule has 0 aliphatic carbocycles. The van der Waals surface area contributed by atoms with Gasteiger partial charge in [0.2, 0.25) is 0 Å². The molecule has 5 heteroatoms. The summed E-state index contributed by atoms with van der Waals surface area (Å²) >= 11 is -2.71. The SMILES string of the molecule is Cc1c(C)c(C)c2c(c1C)C(=O)OI2OC(=O)C(C)(C)C. The summed E-state index contributed by atoms with van der Waals surface area (Å²) < 4.78 is 11.9. The van der Waals surface area contributed by atoms with E-state index in [0.717, 1.165) is 25.8 Å². The number of rotatable bonds is 1. The Morgan fingerprint density at radius 3 is 2.05 bits per heavy atom. The van der Waals surface area contributed by atoms with E-state index in [1.807, 2.05) is 27.7 Å². The number of hydrogen-bond donors (Lipinski definition) is 0. The predicted octanol–water partition coefficient (Wildman–Crippen LogP) is 4.19. The molecule has 21 heavy (non-hydrogen) atoms. The Kier molecular flexibility index (Phi) is 4.08. The van der Waals surface area contributed by atoms with Gasteiger partial charge in [0.25, 0.3) is 0 Å². The minimum atomic E-state index is -2.71. The predicted molar refractivity (Wildman–Crippen MR) is 89.1 cm³/mol. The Balaban J connectivity index is 2.51. The van der Waals surface area contributed by atoms with Crippen LogP contribution in [0.4, 0.5) is 0 Å². The third-order valence-corrected chi connectivity index (χ3v) is 7.69. The summed E-state index contributed by atoms with van der Waals surface area (Å²) in [6.07, 6.45) is 0. The Morgan fingerprint density at radius 1 is 1.00 bits per heavy atom. The molecule has 1 aromatic carbocycles. The van der Waals surface area contributed by atoms with Gasteiger partial charge in [0.15, 0.2) is 0 Å². The van der Waals surface area contributed by atoms with E-state index < -0.39 is 26.1 Å². The van der Waals surface area contributed by atoms with Crippen LogP contribution < -0.4 is 0 Å². The quantitative estimate of drug-likeness (QED) is 0.659. The third-order valence-electron chi connectivity index (χ3n) is 3.86. The molecule has 1 heterocycles. The fraction of sp³-hybridized carbons (Fsp3) is 0.500. The van der Waals surface area contributed by atoms with Crippen LogP contribution in [0.5, 0.6) is 0 Å². The van der Waals surface area contributed by atoms with Gasteiger partial charge in [0.1, 0.15) is 0 Å². The van der Waals surface area contributed by atoms with Gasteiger partial charge in [0.05, 0.1) is 0 Å². The van der Waals surface area contributed by atoms with Gasteiger partial charge < -0.3 is 0 Å². The second kappa shape index (κ2) is 5.26. The van der Waals surface area contributed by atoms with Crippen molar-refractivity contribution in [2.45, 2.75) is 48.5 Å². The summed E-state index contributed by atoms with van der Waals surface area (Å²) in [7, 11) is 0. The molecule has 0 spiro atoms. The molecule has 116 valence electrons. The molecule has 0 N–H and O–H groups in total. The van der Waals surface area contributed by atoms with Crippen LogP contribution in [0.2, 0.25) is 0 Å². The summed E-state index contributed by atoms with van der Waals surface area (Å²) in [4.78, 5) is 24.3. The molecule has 0 saturated heterocycles. The second-order valence-corrected chi connectivity index (χ2v) is 9.59. The fourth-order valence-corrected chi connectivity index (χ4v) is 6.34. The topological polar surface area (TPSA) is 52.6 Å². The van der Waals surface area contributed by atoms with E-state index in [1.54, 1.807) is 20.8 Å². The van der Waals surface area contributed by atoms with Gasteiger partial charge in [-0.05, 0) is 0 Å². The Morgan fingerprint density at radius 2 is 1.52 bits per heavy atom. The molecule has 0 fully saturated rings. The van der Waals surface area contributed by atoms with E-state index >= 15 is 0 Å². The molecule has 0 radical (unpaired) electrons. The standard InChI is InChI=1S/C16H21IO4/c1-8-9(2)11(4)13-12(10(8)3)14(18)20-17(13)21-15(19)16(5,6)7/h1-7H3. The summed E-state index contributed by atoms with van der Waals surface area (Å²) in [5, 5.41) is 0. The van der Waals surface area contributed by atoms with E-state index in [-0.39, 0.29) is 11.9 Å². The normalized spacial score (nSPS) is 15.8. The first-order valence-electron chi connectivity index (χ1n) is 6.81. The van der Waals surface area contributed by atoms with Crippen LogP contribution in [0, 0.1) is 36.7 Å². The summed E-state index contributed by atoms with van der Waals surface area (Å²) in [5.41, 5.74) is 4.20. The van der Waals surface area contributed by atoms with Crippen LogP contribution in [0.3, 0.4) is 0 Å². The summed E-state index contributed by atoms with van der Waals surface area (Å²) in [6, 6.07) is 0. The number of carbonyl (C=O) groups excluding carboxylic acids is 2. The van der Waals surface area contributed by atoms with Crippen molar-refractivity contribution >= 4 is 32.6 Å². The first-order chi connectivity index (χ1) is 9.55. The van der Waals surface area contributed by atoms with Crippen molar-refractivity contribution in [2.75, 3.05) is 0 Å². The second-order valence-electron chi connectivity index (χ2n) is 6.39. The van der Waals surface area contributed by atoms with Crippen molar-refractivity contribution in [3.05, 3.63) is 31.4 Å². The molecule has 0 amide bonds. The van der Waals surface area contributed by atoms with Crippen LogP contribution in [0.25, 0.3) is 0 Å². The Labute approximate surface area is 133 Å². The molecule has 0 atom stereocenters. The number of halogens is 1. The maximum atomic E-state index is 12.2. The number of carbonyl (C=O) groups is 2. The van der Waals surface area contributed by atoms with Gasteiger partial charge in [-0.1, -0.05) is 0 Å². The molecule has 0 bridgehead atoms. The van der Waals surface area contributed by atoms with Gasteiger partial charge in [-0.25, -0.2) is 0 Å². The number of hydrogen-bond acceptors (Lipinski definition) is 4. The zero-order valence-electron chi connectivity index (χ0n) is 13.5. The minimum absolute atomic E-state index is 0.316. The van der Waals surface area contributed by atoms with Crippen molar-refractivity contribution in [1.82, 2.24) is 0 Å². The van der Waals surface area contributed by atoms with Crippen LogP contribution in [-0.2, 0) is 10.9 Å². The molecule has 1 aliphatic heterocycles. The zero-order chi connectivity index (χ0) is 16.1. The van der Waals surface area contributed by atoms with Gasteiger partial charge in [-0.2, -0.15) is 0 Å². The summed E-state index contributed by atoms with van der Waals surface area (Å²) in [6.45, 7) is 13.3. The third kappa shape index (κ3) is 2.67. The zero-order valence-corrected chi connectivity index (χ0v) is 15.7.